The van der Waals surface area contributed by atoms with Crippen LogP contribution in [0, 0.1) is 13.8 Å². The average Bonchev–Trinajstić information content (AvgIpc) is 2.66. The summed E-state index contributed by atoms with van der Waals surface area (Å²) in [7, 11) is 0. The minimum Gasteiger partial charge on any atom is -0.330 e. The molecule has 0 aliphatic carbocycles. The summed E-state index contributed by atoms with van der Waals surface area (Å²) < 4.78 is 40.5. The van der Waals surface area contributed by atoms with Crippen molar-refractivity contribution in [2.75, 3.05) is 6.54 Å². The van der Waals surface area contributed by atoms with E-state index in [-0.39, 0.29) is 5.69 Å². The van der Waals surface area contributed by atoms with Gasteiger partial charge >= 0.3 is 6.18 Å². The van der Waals surface area contributed by atoms with Crippen molar-refractivity contribution >= 4 is 0 Å². The van der Waals surface area contributed by atoms with Gasteiger partial charge in [0.1, 0.15) is 0 Å². The van der Waals surface area contributed by atoms with Crippen molar-refractivity contribution in [2.24, 2.45) is 5.73 Å². The van der Waals surface area contributed by atoms with Gasteiger partial charge in [-0.05, 0) is 44.5 Å². The maximum atomic E-state index is 13.1. The summed E-state index contributed by atoms with van der Waals surface area (Å²) in [6.45, 7) is 3.98. The zero-order valence-corrected chi connectivity index (χ0v) is 11.3. The highest BCUT2D eigenvalue weighted by atomic mass is 19.4. The molecule has 0 unspecified atom stereocenters. The molecule has 0 radical (unpaired) electrons. The molecule has 0 aliphatic heterocycles. The minimum absolute atomic E-state index is 0.0453. The normalized spacial score (nSPS) is 11.9. The third-order valence-electron chi connectivity index (χ3n) is 3.27. The number of alkyl halides is 3. The second-order valence-electron chi connectivity index (χ2n) is 4.61. The van der Waals surface area contributed by atoms with Crippen molar-refractivity contribution in [1.29, 1.82) is 0 Å². The van der Waals surface area contributed by atoms with Crippen molar-refractivity contribution in [2.45, 2.75) is 26.4 Å². The van der Waals surface area contributed by atoms with E-state index in [4.69, 9.17) is 5.73 Å². The van der Waals surface area contributed by atoms with Gasteiger partial charge in [-0.2, -0.15) is 18.3 Å². The van der Waals surface area contributed by atoms with Crippen LogP contribution in [0.15, 0.2) is 24.3 Å². The molecule has 0 spiro atoms. The fourth-order valence-electron chi connectivity index (χ4n) is 2.31. The number of benzene rings is 1. The van der Waals surface area contributed by atoms with Gasteiger partial charge in [0.25, 0.3) is 0 Å². The highest BCUT2D eigenvalue weighted by molar-refractivity contribution is 5.45. The van der Waals surface area contributed by atoms with Crippen molar-refractivity contribution < 1.29 is 13.2 Å². The number of nitrogens with two attached hydrogens (primary N) is 1. The molecule has 0 aliphatic rings. The van der Waals surface area contributed by atoms with Gasteiger partial charge < -0.3 is 5.73 Å². The number of nitrogens with zero attached hydrogens (tertiary/aromatic N) is 2. The average molecular weight is 283 g/mol. The summed E-state index contributed by atoms with van der Waals surface area (Å²) in [5, 5.41) is 4.23. The van der Waals surface area contributed by atoms with Crippen LogP contribution in [0.25, 0.3) is 5.69 Å². The monoisotopic (exact) mass is 283 g/mol. The molecule has 3 nitrogen and oxygen atoms in total. The lowest BCUT2D eigenvalue weighted by Crippen LogP contribution is -2.12. The van der Waals surface area contributed by atoms with E-state index in [1.54, 1.807) is 19.9 Å². The van der Waals surface area contributed by atoms with E-state index in [0.29, 0.717) is 24.4 Å². The largest absolute Gasteiger partial charge is 0.418 e. The predicted octanol–water partition coefficient (Wildman–Crippen LogP) is 3.01. The number of aryl methyl sites for hydroxylation is 1. The van der Waals surface area contributed by atoms with Crippen molar-refractivity contribution in [3.63, 3.8) is 0 Å². The van der Waals surface area contributed by atoms with Gasteiger partial charge in [0.2, 0.25) is 0 Å². The van der Waals surface area contributed by atoms with Crippen molar-refractivity contribution in [3.05, 3.63) is 46.8 Å². The molecule has 0 fully saturated rings. The van der Waals surface area contributed by atoms with Gasteiger partial charge in [0.05, 0.1) is 16.9 Å². The molecule has 1 aromatic heterocycles. The summed E-state index contributed by atoms with van der Waals surface area (Å²) in [6.07, 6.45) is -3.80. The Morgan fingerprint density at radius 2 is 1.85 bits per heavy atom. The molecular weight excluding hydrogens is 267 g/mol. The number of rotatable bonds is 3. The number of hydrogen-bond acceptors (Lipinski definition) is 2. The van der Waals surface area contributed by atoms with Crippen LogP contribution < -0.4 is 5.73 Å². The molecule has 108 valence electrons. The highest BCUT2D eigenvalue weighted by Crippen LogP contribution is 2.34. The molecule has 2 aromatic rings. The maximum Gasteiger partial charge on any atom is 0.418 e. The summed E-state index contributed by atoms with van der Waals surface area (Å²) in [5.41, 5.74) is 7.20. The quantitative estimate of drug-likeness (QED) is 0.941. The second kappa shape index (κ2) is 5.28. The van der Waals surface area contributed by atoms with Gasteiger partial charge in [-0.1, -0.05) is 12.1 Å². The lowest BCUT2D eigenvalue weighted by Gasteiger charge is -2.13. The Labute approximate surface area is 115 Å². The first-order valence-electron chi connectivity index (χ1n) is 6.28. The van der Waals surface area contributed by atoms with Gasteiger partial charge in [0.15, 0.2) is 0 Å². The van der Waals surface area contributed by atoms with E-state index >= 15 is 0 Å². The lowest BCUT2D eigenvalue weighted by molar-refractivity contribution is -0.137. The molecule has 20 heavy (non-hydrogen) atoms. The molecule has 6 heteroatoms. The van der Waals surface area contributed by atoms with E-state index in [1.807, 2.05) is 0 Å². The Balaban J connectivity index is 2.61. The van der Waals surface area contributed by atoms with E-state index in [1.165, 1.54) is 16.8 Å². The molecule has 0 amide bonds. The van der Waals surface area contributed by atoms with Crippen LogP contribution >= 0.6 is 0 Å². The smallest absolute Gasteiger partial charge is 0.330 e. The number of aromatic nitrogens is 2. The summed E-state index contributed by atoms with van der Waals surface area (Å²) in [5.74, 6) is 0. The van der Waals surface area contributed by atoms with E-state index < -0.39 is 11.7 Å². The molecule has 1 heterocycles. The Morgan fingerprint density at radius 3 is 2.45 bits per heavy atom. The minimum atomic E-state index is -4.41. The Morgan fingerprint density at radius 1 is 1.20 bits per heavy atom. The van der Waals surface area contributed by atoms with Crippen LogP contribution in [-0.2, 0) is 12.6 Å². The van der Waals surface area contributed by atoms with Crippen LogP contribution in [0.5, 0.6) is 0 Å². The zero-order chi connectivity index (χ0) is 14.9. The number of halogens is 3. The van der Waals surface area contributed by atoms with Crippen molar-refractivity contribution in [1.82, 2.24) is 9.78 Å². The zero-order valence-electron chi connectivity index (χ0n) is 11.3. The Bertz CT molecular complexity index is 615. The molecule has 0 saturated heterocycles. The van der Waals surface area contributed by atoms with Crippen LogP contribution in [0.2, 0.25) is 0 Å². The van der Waals surface area contributed by atoms with E-state index in [9.17, 15) is 13.2 Å². The summed E-state index contributed by atoms with van der Waals surface area (Å²) in [6, 6.07) is 5.44. The van der Waals surface area contributed by atoms with E-state index in [0.717, 1.165) is 11.6 Å². The lowest BCUT2D eigenvalue weighted by atomic mass is 10.1. The summed E-state index contributed by atoms with van der Waals surface area (Å²) >= 11 is 0. The highest BCUT2D eigenvalue weighted by Gasteiger charge is 2.34. The Kier molecular flexibility index (Phi) is 3.85. The molecule has 0 atom stereocenters. The molecule has 2 N–H and O–H groups in total. The molecular formula is C14H16F3N3. The second-order valence-corrected chi connectivity index (χ2v) is 4.61. The van der Waals surface area contributed by atoms with Crippen LogP contribution in [-0.4, -0.2) is 16.3 Å². The first kappa shape index (κ1) is 14.6. The molecule has 0 saturated carbocycles. The molecule has 0 bridgehead atoms. The van der Waals surface area contributed by atoms with Crippen molar-refractivity contribution in [3.8, 4) is 5.69 Å². The topological polar surface area (TPSA) is 43.8 Å². The maximum absolute atomic E-state index is 13.1. The SMILES string of the molecule is Cc1nn(-c2ccccc2C(F)(F)F)c(C)c1CCN. The molecule has 2 rings (SSSR count). The first-order chi connectivity index (χ1) is 9.36. The van der Waals surface area contributed by atoms with Crippen LogP contribution in [0.1, 0.15) is 22.5 Å². The third kappa shape index (κ3) is 2.56. The number of para-hydroxylation sites is 1. The van der Waals surface area contributed by atoms with Crippen LogP contribution in [0.3, 0.4) is 0 Å². The van der Waals surface area contributed by atoms with Gasteiger partial charge in [-0.3, -0.25) is 0 Å². The fraction of sp³-hybridized carbons (Fsp3) is 0.357. The predicted molar refractivity (Wildman–Crippen MR) is 70.8 cm³/mol. The fourth-order valence-corrected chi connectivity index (χ4v) is 2.31. The van der Waals surface area contributed by atoms with Crippen LogP contribution in [0.4, 0.5) is 13.2 Å². The first-order valence-corrected chi connectivity index (χ1v) is 6.28. The third-order valence-corrected chi connectivity index (χ3v) is 3.27. The molecule has 1 aromatic carbocycles. The van der Waals surface area contributed by atoms with Gasteiger partial charge in [0, 0.05) is 5.69 Å². The summed E-state index contributed by atoms with van der Waals surface area (Å²) in [4.78, 5) is 0. The standard InChI is InChI=1S/C14H16F3N3/c1-9-11(7-8-18)10(2)20(19-9)13-6-4-3-5-12(13)14(15,16)17/h3-6H,7-8,18H2,1-2H3. The number of hydrogen-bond donors (Lipinski definition) is 1. The van der Waals surface area contributed by atoms with Gasteiger partial charge in [-0.25, -0.2) is 4.68 Å². The Hall–Kier alpha value is -1.82. The van der Waals surface area contributed by atoms with E-state index in [2.05, 4.69) is 5.10 Å². The van der Waals surface area contributed by atoms with Gasteiger partial charge in [-0.15, -0.1) is 0 Å².